The third kappa shape index (κ3) is 4.84. The third-order valence-electron chi connectivity index (χ3n) is 3.38. The van der Waals surface area contributed by atoms with Crippen LogP contribution in [-0.4, -0.2) is 16.1 Å². The van der Waals surface area contributed by atoms with E-state index < -0.39 is 5.82 Å². The molecule has 1 heterocycles. The SMILES string of the molecule is CCC(CC)c1nnc(NC(=O)/C=C/c2ccc(F)c(Cl)c2)s1. The van der Waals surface area contributed by atoms with Crippen molar-refractivity contribution in [3.8, 4) is 0 Å². The molecule has 7 heteroatoms. The second-order valence-corrected chi connectivity index (χ2v) is 6.37. The van der Waals surface area contributed by atoms with E-state index in [9.17, 15) is 9.18 Å². The highest BCUT2D eigenvalue weighted by atomic mass is 35.5. The van der Waals surface area contributed by atoms with Crippen LogP contribution in [0.4, 0.5) is 9.52 Å². The monoisotopic (exact) mass is 353 g/mol. The number of nitrogens with one attached hydrogen (secondary N) is 1. The molecular formula is C16H17ClFN3OS. The van der Waals surface area contributed by atoms with Crippen molar-refractivity contribution in [1.29, 1.82) is 0 Å². The van der Waals surface area contributed by atoms with Crippen molar-refractivity contribution in [1.82, 2.24) is 10.2 Å². The summed E-state index contributed by atoms with van der Waals surface area (Å²) in [5, 5.41) is 12.2. The van der Waals surface area contributed by atoms with Gasteiger partial charge in [-0.1, -0.05) is 42.9 Å². The zero-order valence-corrected chi connectivity index (χ0v) is 14.4. The van der Waals surface area contributed by atoms with Gasteiger partial charge in [-0.15, -0.1) is 10.2 Å². The number of anilines is 1. The minimum Gasteiger partial charge on any atom is -0.297 e. The number of carbonyl (C=O) groups excluding carboxylic acids is 1. The first-order valence-electron chi connectivity index (χ1n) is 7.31. The highest BCUT2D eigenvalue weighted by Gasteiger charge is 2.13. The van der Waals surface area contributed by atoms with E-state index in [-0.39, 0.29) is 10.9 Å². The highest BCUT2D eigenvalue weighted by molar-refractivity contribution is 7.15. The van der Waals surface area contributed by atoms with Crippen LogP contribution in [0.5, 0.6) is 0 Å². The van der Waals surface area contributed by atoms with Crippen LogP contribution in [0.1, 0.15) is 43.2 Å². The van der Waals surface area contributed by atoms with Crippen LogP contribution >= 0.6 is 22.9 Å². The molecule has 0 saturated carbocycles. The van der Waals surface area contributed by atoms with Gasteiger partial charge in [0.25, 0.3) is 0 Å². The van der Waals surface area contributed by atoms with E-state index in [0.29, 0.717) is 16.6 Å². The molecule has 122 valence electrons. The first kappa shape index (κ1) is 17.6. The van der Waals surface area contributed by atoms with Gasteiger partial charge < -0.3 is 0 Å². The Bertz CT molecular complexity index is 713. The average Bonchev–Trinajstić information content (AvgIpc) is 2.98. The number of benzene rings is 1. The molecule has 0 aliphatic carbocycles. The average molecular weight is 354 g/mol. The fraction of sp³-hybridized carbons (Fsp3) is 0.312. The number of carbonyl (C=O) groups is 1. The van der Waals surface area contributed by atoms with Gasteiger partial charge in [0.05, 0.1) is 5.02 Å². The van der Waals surface area contributed by atoms with Gasteiger partial charge in [0, 0.05) is 12.0 Å². The fourth-order valence-electron chi connectivity index (χ4n) is 2.02. The van der Waals surface area contributed by atoms with Gasteiger partial charge in [-0.05, 0) is 36.6 Å². The largest absolute Gasteiger partial charge is 0.297 e. The molecule has 0 radical (unpaired) electrons. The molecule has 0 atom stereocenters. The summed E-state index contributed by atoms with van der Waals surface area (Å²) in [5.74, 6) is -0.441. The summed E-state index contributed by atoms with van der Waals surface area (Å²) in [6.07, 6.45) is 4.89. The Morgan fingerprint density at radius 1 is 1.39 bits per heavy atom. The van der Waals surface area contributed by atoms with Crippen molar-refractivity contribution >= 4 is 40.1 Å². The lowest BCUT2D eigenvalue weighted by molar-refractivity contribution is -0.111. The Labute approximate surface area is 143 Å². The lowest BCUT2D eigenvalue weighted by Gasteiger charge is -2.05. The maximum atomic E-state index is 13.1. The van der Waals surface area contributed by atoms with Gasteiger partial charge in [0.1, 0.15) is 10.8 Å². The van der Waals surface area contributed by atoms with Crippen molar-refractivity contribution in [2.75, 3.05) is 5.32 Å². The molecule has 1 aromatic carbocycles. The van der Waals surface area contributed by atoms with E-state index >= 15 is 0 Å². The molecular weight excluding hydrogens is 337 g/mol. The maximum absolute atomic E-state index is 13.1. The van der Waals surface area contributed by atoms with E-state index in [0.717, 1.165) is 17.8 Å². The lowest BCUT2D eigenvalue weighted by atomic mass is 10.1. The molecule has 1 N–H and O–H groups in total. The fourth-order valence-corrected chi connectivity index (χ4v) is 3.23. The molecule has 0 saturated heterocycles. The van der Waals surface area contributed by atoms with Gasteiger partial charge in [-0.3, -0.25) is 10.1 Å². The maximum Gasteiger partial charge on any atom is 0.250 e. The molecule has 2 rings (SSSR count). The minimum absolute atomic E-state index is 0.0199. The molecule has 0 fully saturated rings. The summed E-state index contributed by atoms with van der Waals surface area (Å²) in [7, 11) is 0. The van der Waals surface area contributed by atoms with Crippen LogP contribution in [0.3, 0.4) is 0 Å². The topological polar surface area (TPSA) is 54.9 Å². The predicted molar refractivity (Wildman–Crippen MR) is 92.3 cm³/mol. The van der Waals surface area contributed by atoms with Crippen LogP contribution < -0.4 is 5.32 Å². The normalized spacial score (nSPS) is 11.3. The van der Waals surface area contributed by atoms with Crippen LogP contribution in [0.15, 0.2) is 24.3 Å². The Morgan fingerprint density at radius 2 is 2.13 bits per heavy atom. The van der Waals surface area contributed by atoms with E-state index in [1.807, 2.05) is 0 Å². The standard InChI is InChI=1S/C16H17ClFN3OS/c1-3-11(4-2)15-20-21-16(23-15)19-14(22)8-6-10-5-7-13(18)12(17)9-10/h5-9,11H,3-4H2,1-2H3,(H,19,21,22)/b8-6+. The second-order valence-electron chi connectivity index (χ2n) is 4.96. The Hall–Kier alpha value is -1.79. The number of hydrogen-bond acceptors (Lipinski definition) is 4. The molecule has 1 aromatic heterocycles. The Morgan fingerprint density at radius 3 is 2.78 bits per heavy atom. The van der Waals surface area contributed by atoms with E-state index in [1.165, 1.54) is 29.5 Å². The molecule has 0 aliphatic heterocycles. The van der Waals surface area contributed by atoms with E-state index in [4.69, 9.17) is 11.6 Å². The van der Waals surface area contributed by atoms with Gasteiger partial charge in [0.15, 0.2) is 0 Å². The summed E-state index contributed by atoms with van der Waals surface area (Å²) in [6, 6.07) is 4.25. The number of nitrogens with zero attached hydrogens (tertiary/aromatic N) is 2. The lowest BCUT2D eigenvalue weighted by Crippen LogP contribution is -2.07. The number of aromatic nitrogens is 2. The molecule has 2 aromatic rings. The van der Waals surface area contributed by atoms with Crippen LogP contribution in [0.2, 0.25) is 5.02 Å². The number of rotatable bonds is 6. The highest BCUT2D eigenvalue weighted by Crippen LogP contribution is 2.28. The summed E-state index contributed by atoms with van der Waals surface area (Å²) in [6.45, 7) is 4.20. The van der Waals surface area contributed by atoms with Crippen molar-refractivity contribution < 1.29 is 9.18 Å². The van der Waals surface area contributed by atoms with E-state index in [1.54, 1.807) is 12.1 Å². The zero-order chi connectivity index (χ0) is 16.8. The summed E-state index contributed by atoms with van der Waals surface area (Å²) in [5.41, 5.74) is 0.640. The van der Waals surface area contributed by atoms with Crippen LogP contribution in [0.25, 0.3) is 6.08 Å². The van der Waals surface area contributed by atoms with Crippen LogP contribution in [0, 0.1) is 5.82 Å². The molecule has 0 bridgehead atoms. The zero-order valence-electron chi connectivity index (χ0n) is 12.8. The number of halogens is 2. The van der Waals surface area contributed by atoms with Crippen molar-refractivity contribution in [2.24, 2.45) is 0 Å². The number of amides is 1. The minimum atomic E-state index is -0.490. The molecule has 0 spiro atoms. The molecule has 1 amide bonds. The van der Waals surface area contributed by atoms with Gasteiger partial charge in [-0.25, -0.2) is 4.39 Å². The van der Waals surface area contributed by atoms with Crippen molar-refractivity contribution in [3.05, 3.63) is 45.7 Å². The summed E-state index contributed by atoms with van der Waals surface area (Å²) >= 11 is 7.08. The summed E-state index contributed by atoms with van der Waals surface area (Å²) < 4.78 is 13.1. The Kier molecular flexibility index (Phi) is 6.24. The summed E-state index contributed by atoms with van der Waals surface area (Å²) in [4.78, 5) is 11.9. The molecule has 23 heavy (non-hydrogen) atoms. The molecule has 0 aliphatic rings. The first-order valence-corrected chi connectivity index (χ1v) is 8.50. The second kappa shape index (κ2) is 8.17. The molecule has 0 unspecified atom stereocenters. The van der Waals surface area contributed by atoms with E-state index in [2.05, 4.69) is 29.4 Å². The Balaban J connectivity index is 1.99. The van der Waals surface area contributed by atoms with Gasteiger partial charge in [-0.2, -0.15) is 0 Å². The van der Waals surface area contributed by atoms with Crippen LogP contribution in [-0.2, 0) is 4.79 Å². The predicted octanol–water partition coefficient (Wildman–Crippen LogP) is 4.89. The number of hydrogen-bond donors (Lipinski definition) is 1. The smallest absolute Gasteiger partial charge is 0.250 e. The van der Waals surface area contributed by atoms with Crippen molar-refractivity contribution in [2.45, 2.75) is 32.6 Å². The quantitative estimate of drug-likeness (QED) is 0.752. The van der Waals surface area contributed by atoms with Gasteiger partial charge >= 0.3 is 0 Å². The first-order chi connectivity index (χ1) is 11.0. The van der Waals surface area contributed by atoms with Crippen molar-refractivity contribution in [3.63, 3.8) is 0 Å². The third-order valence-corrected chi connectivity index (χ3v) is 4.67. The van der Waals surface area contributed by atoms with Gasteiger partial charge in [0.2, 0.25) is 11.0 Å². The molecule has 4 nitrogen and oxygen atoms in total.